The number of carbonyl (C=O) groups excluding carboxylic acids is 1. The Morgan fingerprint density at radius 3 is 2.48 bits per heavy atom. The summed E-state index contributed by atoms with van der Waals surface area (Å²) in [5, 5.41) is 0.557. The first-order valence-corrected chi connectivity index (χ1v) is 6.96. The van der Waals surface area contributed by atoms with Gasteiger partial charge in [-0.2, -0.15) is 13.2 Å². The van der Waals surface area contributed by atoms with Crippen molar-refractivity contribution >= 4 is 27.7 Å². The van der Waals surface area contributed by atoms with E-state index in [0.717, 1.165) is 29.3 Å². The third-order valence-corrected chi connectivity index (χ3v) is 4.39. The molecule has 0 amide bonds. The van der Waals surface area contributed by atoms with Crippen LogP contribution in [-0.2, 0) is 6.18 Å². The molecule has 106 valence electrons. The highest BCUT2D eigenvalue weighted by Crippen LogP contribution is 2.41. The third kappa shape index (κ3) is 2.56. The molecule has 0 N–H and O–H groups in total. The zero-order chi connectivity index (χ0) is 15.0. The SMILES string of the molecule is O=Cc1cccc(-c2cc3cccc(C(F)(F)F)c3s2)c1. The highest BCUT2D eigenvalue weighted by Gasteiger charge is 2.33. The predicted octanol–water partition coefficient (Wildman–Crippen LogP) is 5.40. The largest absolute Gasteiger partial charge is 0.417 e. The zero-order valence-electron chi connectivity index (χ0n) is 10.6. The number of fused-ring (bicyclic) bond motifs is 1. The molecule has 1 heterocycles. The van der Waals surface area contributed by atoms with E-state index < -0.39 is 11.7 Å². The topological polar surface area (TPSA) is 17.1 Å². The lowest BCUT2D eigenvalue weighted by molar-refractivity contribution is -0.136. The number of alkyl halides is 3. The molecule has 0 bridgehead atoms. The number of benzene rings is 2. The molecule has 0 saturated carbocycles. The van der Waals surface area contributed by atoms with Crippen LogP contribution in [-0.4, -0.2) is 6.29 Å². The normalized spacial score (nSPS) is 11.8. The van der Waals surface area contributed by atoms with Crippen molar-refractivity contribution in [2.75, 3.05) is 0 Å². The van der Waals surface area contributed by atoms with Gasteiger partial charge in [0.25, 0.3) is 0 Å². The summed E-state index contributed by atoms with van der Waals surface area (Å²) in [7, 11) is 0. The second-order valence-corrected chi connectivity index (χ2v) is 5.63. The Labute approximate surface area is 122 Å². The summed E-state index contributed by atoms with van der Waals surface area (Å²) in [6.07, 6.45) is -3.65. The Hall–Kier alpha value is -2.14. The number of hydrogen-bond donors (Lipinski definition) is 0. The molecule has 1 aromatic heterocycles. The van der Waals surface area contributed by atoms with Gasteiger partial charge in [-0.05, 0) is 29.1 Å². The summed E-state index contributed by atoms with van der Waals surface area (Å²) in [4.78, 5) is 11.5. The van der Waals surface area contributed by atoms with Crippen LogP contribution >= 0.6 is 11.3 Å². The van der Waals surface area contributed by atoms with Crippen molar-refractivity contribution in [3.63, 3.8) is 0 Å². The molecule has 5 heteroatoms. The van der Waals surface area contributed by atoms with Crippen LogP contribution in [0.25, 0.3) is 20.5 Å². The van der Waals surface area contributed by atoms with E-state index in [1.54, 1.807) is 36.4 Å². The van der Waals surface area contributed by atoms with Gasteiger partial charge >= 0.3 is 6.18 Å². The van der Waals surface area contributed by atoms with Gasteiger partial charge < -0.3 is 0 Å². The molecule has 0 radical (unpaired) electrons. The van der Waals surface area contributed by atoms with Gasteiger partial charge in [0, 0.05) is 15.1 Å². The number of hydrogen-bond acceptors (Lipinski definition) is 2. The van der Waals surface area contributed by atoms with Gasteiger partial charge in [-0.15, -0.1) is 11.3 Å². The average molecular weight is 306 g/mol. The molecule has 3 rings (SSSR count). The lowest BCUT2D eigenvalue weighted by atomic mass is 10.1. The summed E-state index contributed by atoms with van der Waals surface area (Å²) in [6.45, 7) is 0. The van der Waals surface area contributed by atoms with Crippen LogP contribution in [0.3, 0.4) is 0 Å². The molecular weight excluding hydrogens is 297 g/mol. The monoisotopic (exact) mass is 306 g/mol. The lowest BCUT2D eigenvalue weighted by Crippen LogP contribution is -2.04. The van der Waals surface area contributed by atoms with Gasteiger partial charge in [0.2, 0.25) is 0 Å². The van der Waals surface area contributed by atoms with Gasteiger partial charge in [-0.1, -0.05) is 30.3 Å². The quantitative estimate of drug-likeness (QED) is 0.579. The van der Waals surface area contributed by atoms with Crippen molar-refractivity contribution in [3.8, 4) is 10.4 Å². The molecule has 0 aliphatic rings. The Morgan fingerprint density at radius 1 is 1.00 bits per heavy atom. The average Bonchev–Trinajstić information content (AvgIpc) is 2.90. The molecule has 1 nitrogen and oxygen atoms in total. The molecule has 0 spiro atoms. The minimum absolute atomic E-state index is 0.219. The molecule has 3 aromatic rings. The first kappa shape index (κ1) is 13.8. The molecule has 0 unspecified atom stereocenters. The van der Waals surface area contributed by atoms with Crippen LogP contribution in [0.5, 0.6) is 0 Å². The van der Waals surface area contributed by atoms with E-state index in [9.17, 15) is 18.0 Å². The van der Waals surface area contributed by atoms with Crippen molar-refractivity contribution in [1.82, 2.24) is 0 Å². The molecule has 21 heavy (non-hydrogen) atoms. The van der Waals surface area contributed by atoms with Crippen molar-refractivity contribution in [2.24, 2.45) is 0 Å². The second-order valence-electron chi connectivity index (χ2n) is 4.58. The minimum atomic E-state index is -4.37. The van der Waals surface area contributed by atoms with Crippen LogP contribution < -0.4 is 0 Å². The van der Waals surface area contributed by atoms with E-state index >= 15 is 0 Å². The first-order chi connectivity index (χ1) is 9.99. The predicted molar refractivity (Wildman–Crippen MR) is 77.7 cm³/mol. The minimum Gasteiger partial charge on any atom is -0.298 e. The maximum atomic E-state index is 13.0. The van der Waals surface area contributed by atoms with Crippen LogP contribution in [0.15, 0.2) is 48.5 Å². The van der Waals surface area contributed by atoms with Crippen LogP contribution in [0.1, 0.15) is 15.9 Å². The van der Waals surface area contributed by atoms with Crippen molar-refractivity contribution < 1.29 is 18.0 Å². The summed E-state index contributed by atoms with van der Waals surface area (Å²) in [5.41, 5.74) is 0.623. The summed E-state index contributed by atoms with van der Waals surface area (Å²) in [6, 6.07) is 12.7. The molecule has 0 aliphatic carbocycles. The van der Waals surface area contributed by atoms with E-state index in [4.69, 9.17) is 0 Å². The standard InChI is InChI=1S/C16H9F3OS/c17-16(18,19)13-6-2-5-12-8-14(21-15(12)13)11-4-1-3-10(7-11)9-20/h1-9H. The molecule has 0 fully saturated rings. The van der Waals surface area contributed by atoms with E-state index in [1.807, 2.05) is 0 Å². The fraction of sp³-hybridized carbons (Fsp3) is 0.0625. The number of rotatable bonds is 2. The second kappa shape index (κ2) is 5.00. The maximum Gasteiger partial charge on any atom is 0.417 e. The van der Waals surface area contributed by atoms with Crippen molar-refractivity contribution in [2.45, 2.75) is 6.18 Å². The third-order valence-electron chi connectivity index (χ3n) is 3.16. The molecule has 2 aromatic carbocycles. The van der Waals surface area contributed by atoms with Gasteiger partial charge in [-0.25, -0.2) is 0 Å². The fourth-order valence-electron chi connectivity index (χ4n) is 2.19. The van der Waals surface area contributed by atoms with E-state index in [0.29, 0.717) is 15.8 Å². The molecule has 0 atom stereocenters. The van der Waals surface area contributed by atoms with Crippen LogP contribution in [0.2, 0.25) is 0 Å². The Balaban J connectivity index is 2.19. The molecule has 0 saturated heterocycles. The highest BCUT2D eigenvalue weighted by molar-refractivity contribution is 7.22. The summed E-state index contributed by atoms with van der Waals surface area (Å²) in [5.74, 6) is 0. The maximum absolute atomic E-state index is 13.0. The van der Waals surface area contributed by atoms with E-state index in [1.165, 1.54) is 6.07 Å². The van der Waals surface area contributed by atoms with E-state index in [-0.39, 0.29) is 4.70 Å². The van der Waals surface area contributed by atoms with Crippen LogP contribution in [0.4, 0.5) is 13.2 Å². The van der Waals surface area contributed by atoms with Crippen LogP contribution in [0, 0.1) is 0 Å². The zero-order valence-corrected chi connectivity index (χ0v) is 11.5. The van der Waals surface area contributed by atoms with Gasteiger partial charge in [0.15, 0.2) is 0 Å². The first-order valence-electron chi connectivity index (χ1n) is 6.14. The summed E-state index contributed by atoms with van der Waals surface area (Å²) < 4.78 is 39.2. The Kier molecular flexibility index (Phi) is 3.29. The highest BCUT2D eigenvalue weighted by atomic mass is 32.1. The van der Waals surface area contributed by atoms with Gasteiger partial charge in [0.1, 0.15) is 6.29 Å². The molecular formula is C16H9F3OS. The lowest BCUT2D eigenvalue weighted by Gasteiger charge is -2.06. The van der Waals surface area contributed by atoms with Gasteiger partial charge in [0.05, 0.1) is 5.56 Å². The summed E-state index contributed by atoms with van der Waals surface area (Å²) >= 11 is 1.09. The number of thiophene rings is 1. The number of aldehydes is 1. The fourth-order valence-corrected chi connectivity index (χ4v) is 3.38. The number of halogens is 3. The van der Waals surface area contributed by atoms with Gasteiger partial charge in [-0.3, -0.25) is 4.79 Å². The Bertz CT molecular complexity index is 818. The molecule has 0 aliphatic heterocycles. The van der Waals surface area contributed by atoms with Crippen molar-refractivity contribution in [1.29, 1.82) is 0 Å². The van der Waals surface area contributed by atoms with Crippen molar-refractivity contribution in [3.05, 3.63) is 59.7 Å². The van der Waals surface area contributed by atoms with E-state index in [2.05, 4.69) is 0 Å². The smallest absolute Gasteiger partial charge is 0.298 e. The Morgan fingerprint density at radius 2 is 1.76 bits per heavy atom. The number of carbonyl (C=O) groups is 1.